The van der Waals surface area contributed by atoms with E-state index in [1.807, 2.05) is 0 Å². The molecule has 0 saturated heterocycles. The Morgan fingerprint density at radius 2 is 2.00 bits per heavy atom. The van der Waals surface area contributed by atoms with Gasteiger partial charge in [-0.2, -0.15) is 0 Å². The van der Waals surface area contributed by atoms with E-state index in [1.165, 1.54) is 30.6 Å². The maximum Gasteiger partial charge on any atom is 0.257 e. The summed E-state index contributed by atoms with van der Waals surface area (Å²) in [5.74, 6) is 0.00213. The molecule has 1 aromatic carbocycles. The van der Waals surface area contributed by atoms with Crippen LogP contribution in [0.4, 0.5) is 5.13 Å². The van der Waals surface area contributed by atoms with Crippen molar-refractivity contribution in [2.45, 2.75) is 26.2 Å². The van der Waals surface area contributed by atoms with Gasteiger partial charge in [0.15, 0.2) is 5.75 Å². The fourth-order valence-corrected chi connectivity index (χ4v) is 3.21. The molecular formula is C14H15Cl2N3O2S. The van der Waals surface area contributed by atoms with Crippen molar-refractivity contribution in [1.29, 1.82) is 0 Å². The van der Waals surface area contributed by atoms with Crippen molar-refractivity contribution < 1.29 is 9.53 Å². The van der Waals surface area contributed by atoms with Crippen LogP contribution in [0.3, 0.4) is 0 Å². The predicted molar refractivity (Wildman–Crippen MR) is 89.5 cm³/mol. The summed E-state index contributed by atoms with van der Waals surface area (Å²) in [5.41, 5.74) is 0.334. The maximum atomic E-state index is 12.2. The molecule has 1 aromatic heterocycles. The first-order valence-corrected chi connectivity index (χ1v) is 8.29. The van der Waals surface area contributed by atoms with Crippen molar-refractivity contribution in [3.8, 4) is 5.75 Å². The molecule has 8 heteroatoms. The monoisotopic (exact) mass is 359 g/mol. The lowest BCUT2D eigenvalue weighted by atomic mass is 10.2. The van der Waals surface area contributed by atoms with E-state index < -0.39 is 0 Å². The fourth-order valence-electron chi connectivity index (χ4n) is 1.79. The Balaban J connectivity index is 2.10. The van der Waals surface area contributed by atoms with Gasteiger partial charge in [-0.1, -0.05) is 47.9 Å². The highest BCUT2D eigenvalue weighted by Gasteiger charge is 2.15. The lowest BCUT2D eigenvalue weighted by molar-refractivity contribution is 0.102. The van der Waals surface area contributed by atoms with Crippen LogP contribution in [0.15, 0.2) is 12.1 Å². The van der Waals surface area contributed by atoms with Crippen molar-refractivity contribution in [1.82, 2.24) is 10.2 Å². The molecule has 0 radical (unpaired) electrons. The van der Waals surface area contributed by atoms with E-state index >= 15 is 0 Å². The molecule has 22 heavy (non-hydrogen) atoms. The van der Waals surface area contributed by atoms with Crippen LogP contribution in [-0.4, -0.2) is 23.2 Å². The number of halogens is 2. The minimum atomic E-state index is -0.343. The highest BCUT2D eigenvalue weighted by Crippen LogP contribution is 2.34. The number of nitrogens with one attached hydrogen (secondary N) is 1. The molecule has 0 aliphatic rings. The second kappa shape index (κ2) is 7.76. The lowest BCUT2D eigenvalue weighted by Gasteiger charge is -2.08. The number of ether oxygens (including phenoxy) is 1. The average Bonchev–Trinajstić information content (AvgIpc) is 2.92. The van der Waals surface area contributed by atoms with Crippen molar-refractivity contribution >= 4 is 45.6 Å². The standard InChI is InChI=1S/C14H15Cl2N3O2S/c1-3-4-5-11-18-19-14(22-11)17-13(20)8-6-9(15)12(21-2)10(16)7-8/h6-7H,3-5H2,1-2H3,(H,17,19,20). The van der Waals surface area contributed by atoms with Gasteiger partial charge in [-0.05, 0) is 18.6 Å². The number of unbranched alkanes of at least 4 members (excludes halogenated alkanes) is 1. The Morgan fingerprint density at radius 1 is 1.32 bits per heavy atom. The Kier molecular flexibility index (Phi) is 5.99. The molecule has 0 fully saturated rings. The van der Waals surface area contributed by atoms with Gasteiger partial charge >= 0.3 is 0 Å². The molecule has 0 atom stereocenters. The first-order valence-electron chi connectivity index (χ1n) is 6.72. The number of anilines is 1. The molecule has 0 bridgehead atoms. The molecular weight excluding hydrogens is 345 g/mol. The highest BCUT2D eigenvalue weighted by atomic mass is 35.5. The summed E-state index contributed by atoms with van der Waals surface area (Å²) in [6.07, 6.45) is 3.00. The second-order valence-corrected chi connectivity index (χ2v) is 6.41. The van der Waals surface area contributed by atoms with E-state index in [9.17, 15) is 4.79 Å². The van der Waals surface area contributed by atoms with E-state index in [4.69, 9.17) is 27.9 Å². The van der Waals surface area contributed by atoms with Crippen LogP contribution in [0.2, 0.25) is 10.0 Å². The van der Waals surface area contributed by atoms with E-state index in [-0.39, 0.29) is 16.0 Å². The van der Waals surface area contributed by atoms with Gasteiger partial charge in [-0.15, -0.1) is 10.2 Å². The zero-order chi connectivity index (χ0) is 16.1. The minimum absolute atomic E-state index is 0.279. The molecule has 5 nitrogen and oxygen atoms in total. The zero-order valence-corrected chi connectivity index (χ0v) is 14.5. The largest absolute Gasteiger partial charge is 0.494 e. The maximum absolute atomic E-state index is 12.2. The number of nitrogens with zero attached hydrogens (tertiary/aromatic N) is 2. The Labute approximate surface area is 142 Å². The minimum Gasteiger partial charge on any atom is -0.494 e. The van der Waals surface area contributed by atoms with E-state index in [1.54, 1.807) is 0 Å². The summed E-state index contributed by atoms with van der Waals surface area (Å²) in [6, 6.07) is 3.00. The number of hydrogen-bond donors (Lipinski definition) is 1. The summed E-state index contributed by atoms with van der Waals surface area (Å²) < 4.78 is 5.05. The molecule has 2 rings (SSSR count). The lowest BCUT2D eigenvalue weighted by Crippen LogP contribution is -2.12. The predicted octanol–water partition coefficient (Wildman–Crippen LogP) is 4.45. The SMILES string of the molecule is CCCCc1nnc(NC(=O)c2cc(Cl)c(OC)c(Cl)c2)s1. The Morgan fingerprint density at radius 3 is 2.59 bits per heavy atom. The van der Waals surface area contributed by atoms with Gasteiger partial charge in [0.1, 0.15) is 5.01 Å². The van der Waals surface area contributed by atoms with Crippen molar-refractivity contribution in [3.05, 3.63) is 32.7 Å². The van der Waals surface area contributed by atoms with Crippen LogP contribution in [-0.2, 0) is 6.42 Å². The van der Waals surface area contributed by atoms with Gasteiger partial charge in [-0.25, -0.2) is 0 Å². The number of aromatic nitrogens is 2. The van der Waals surface area contributed by atoms with Crippen LogP contribution in [0.5, 0.6) is 5.75 Å². The first-order chi connectivity index (χ1) is 10.5. The number of hydrogen-bond acceptors (Lipinski definition) is 5. The Bertz CT molecular complexity index is 653. The molecule has 1 heterocycles. The molecule has 0 aliphatic carbocycles. The third-order valence-electron chi connectivity index (χ3n) is 2.90. The van der Waals surface area contributed by atoms with Crippen LogP contribution in [0, 0.1) is 0 Å². The number of benzene rings is 1. The summed E-state index contributed by atoms with van der Waals surface area (Å²) in [6.45, 7) is 2.11. The average molecular weight is 360 g/mol. The van der Waals surface area contributed by atoms with Crippen molar-refractivity contribution in [3.63, 3.8) is 0 Å². The summed E-state index contributed by atoms with van der Waals surface area (Å²) in [7, 11) is 1.46. The van der Waals surface area contributed by atoms with Crippen LogP contribution in [0.25, 0.3) is 0 Å². The quantitative estimate of drug-likeness (QED) is 0.827. The molecule has 1 amide bonds. The molecule has 0 spiro atoms. The van der Waals surface area contributed by atoms with E-state index in [0.717, 1.165) is 24.3 Å². The van der Waals surface area contributed by atoms with Gasteiger partial charge < -0.3 is 4.74 Å². The molecule has 2 aromatic rings. The first kappa shape index (κ1) is 17.0. The highest BCUT2D eigenvalue weighted by molar-refractivity contribution is 7.15. The molecule has 0 saturated carbocycles. The third kappa shape index (κ3) is 4.09. The number of methoxy groups -OCH3 is 1. The van der Waals surface area contributed by atoms with Crippen LogP contribution < -0.4 is 10.1 Å². The molecule has 1 N–H and O–H groups in total. The number of aryl methyl sites for hydroxylation is 1. The smallest absolute Gasteiger partial charge is 0.257 e. The number of rotatable bonds is 6. The summed E-state index contributed by atoms with van der Waals surface area (Å²) >= 11 is 13.4. The van der Waals surface area contributed by atoms with Gasteiger partial charge in [0.05, 0.1) is 17.2 Å². The fraction of sp³-hybridized carbons (Fsp3) is 0.357. The van der Waals surface area contributed by atoms with E-state index in [0.29, 0.717) is 16.4 Å². The zero-order valence-electron chi connectivity index (χ0n) is 12.2. The van der Waals surface area contributed by atoms with Gasteiger partial charge in [0, 0.05) is 12.0 Å². The van der Waals surface area contributed by atoms with Gasteiger partial charge in [-0.3, -0.25) is 10.1 Å². The third-order valence-corrected chi connectivity index (χ3v) is 4.36. The molecule has 0 aliphatic heterocycles. The van der Waals surface area contributed by atoms with E-state index in [2.05, 4.69) is 22.4 Å². The van der Waals surface area contributed by atoms with Gasteiger partial charge in [0.25, 0.3) is 5.91 Å². The summed E-state index contributed by atoms with van der Waals surface area (Å²) in [5, 5.41) is 12.6. The molecule has 0 unspecified atom stereocenters. The summed E-state index contributed by atoms with van der Waals surface area (Å²) in [4.78, 5) is 12.2. The number of carbonyl (C=O) groups excluding carboxylic acids is 1. The van der Waals surface area contributed by atoms with Crippen molar-refractivity contribution in [2.75, 3.05) is 12.4 Å². The normalized spacial score (nSPS) is 10.5. The van der Waals surface area contributed by atoms with Crippen LogP contribution in [0.1, 0.15) is 35.1 Å². The number of amides is 1. The molecule has 118 valence electrons. The van der Waals surface area contributed by atoms with Crippen molar-refractivity contribution in [2.24, 2.45) is 0 Å². The topological polar surface area (TPSA) is 64.1 Å². The van der Waals surface area contributed by atoms with Gasteiger partial charge in [0.2, 0.25) is 5.13 Å². The second-order valence-electron chi connectivity index (χ2n) is 4.53. The number of carbonyl (C=O) groups is 1. The van der Waals surface area contributed by atoms with Crippen LogP contribution >= 0.6 is 34.5 Å². The Hall–Kier alpha value is -1.37.